The Morgan fingerprint density at radius 1 is 1.23 bits per heavy atom. The molecular weight excluding hydrogens is 343 g/mol. The molecule has 0 atom stereocenters. The minimum atomic E-state index is -0.985. The van der Waals surface area contributed by atoms with E-state index in [1.165, 1.54) is 0 Å². The number of hydrogen-bond donors (Lipinski definition) is 1. The van der Waals surface area contributed by atoms with Crippen molar-refractivity contribution < 1.29 is 19.0 Å². The molecule has 0 unspecified atom stereocenters. The SMILES string of the molecule is CCN(C(=O)c1cccc(C)c1)c1cc[c]([Ge][O]OO)cc1. The third kappa shape index (κ3) is 4.17. The molecule has 0 saturated carbocycles. The molecule has 2 rings (SSSR count). The monoisotopic (exact) mass is 361 g/mol. The molecule has 5 nitrogen and oxygen atoms in total. The van der Waals surface area contributed by atoms with Gasteiger partial charge in [0.1, 0.15) is 0 Å². The van der Waals surface area contributed by atoms with E-state index >= 15 is 0 Å². The van der Waals surface area contributed by atoms with Crippen LogP contribution in [0, 0.1) is 6.92 Å². The summed E-state index contributed by atoms with van der Waals surface area (Å²) in [6.07, 6.45) is 0. The molecule has 2 radical (unpaired) electrons. The molecule has 22 heavy (non-hydrogen) atoms. The first-order chi connectivity index (χ1) is 10.7. The number of nitrogens with zero attached hydrogens (tertiary/aromatic N) is 1. The molecule has 0 bridgehead atoms. The summed E-state index contributed by atoms with van der Waals surface area (Å²) in [6, 6.07) is 15.1. The Bertz CT molecular complexity index is 630. The van der Waals surface area contributed by atoms with E-state index in [1.54, 1.807) is 4.90 Å². The summed E-state index contributed by atoms with van der Waals surface area (Å²) in [5.74, 6) is -0.0232. The zero-order chi connectivity index (χ0) is 15.9. The van der Waals surface area contributed by atoms with Crippen LogP contribution in [0.4, 0.5) is 5.69 Å². The molecule has 0 aliphatic heterocycles. The van der Waals surface area contributed by atoms with Crippen molar-refractivity contribution >= 4 is 31.8 Å². The molecular formula is C16H17GeNO4. The van der Waals surface area contributed by atoms with Crippen molar-refractivity contribution in [2.75, 3.05) is 11.4 Å². The summed E-state index contributed by atoms with van der Waals surface area (Å²) in [5.41, 5.74) is 2.56. The van der Waals surface area contributed by atoms with E-state index in [4.69, 9.17) is 5.26 Å². The average Bonchev–Trinajstić information content (AvgIpc) is 2.54. The Hall–Kier alpha value is -1.67. The zero-order valence-electron chi connectivity index (χ0n) is 12.4. The third-order valence-corrected chi connectivity index (χ3v) is 4.73. The summed E-state index contributed by atoms with van der Waals surface area (Å²) < 4.78 is 5.53. The summed E-state index contributed by atoms with van der Waals surface area (Å²) in [7, 11) is 0. The summed E-state index contributed by atoms with van der Waals surface area (Å²) in [4.78, 5) is 14.4. The van der Waals surface area contributed by atoms with Gasteiger partial charge in [0.25, 0.3) is 0 Å². The number of carbonyl (C=O) groups is 1. The number of benzene rings is 2. The van der Waals surface area contributed by atoms with Crippen molar-refractivity contribution in [2.45, 2.75) is 13.8 Å². The number of rotatable bonds is 6. The van der Waals surface area contributed by atoms with Crippen LogP contribution in [0.15, 0.2) is 48.5 Å². The van der Waals surface area contributed by atoms with Gasteiger partial charge in [-0.15, -0.1) is 0 Å². The summed E-state index contributed by atoms with van der Waals surface area (Å²) in [5, 5.41) is 11.8. The number of amides is 1. The average molecular weight is 360 g/mol. The Morgan fingerprint density at radius 3 is 2.55 bits per heavy atom. The fourth-order valence-corrected chi connectivity index (χ4v) is 3.07. The number of aryl methyl sites for hydroxylation is 1. The van der Waals surface area contributed by atoms with E-state index in [-0.39, 0.29) is 5.91 Å². The first kappa shape index (κ1) is 16.7. The van der Waals surface area contributed by atoms with Crippen LogP contribution in [-0.2, 0) is 8.95 Å². The number of hydrogen-bond acceptors (Lipinski definition) is 4. The predicted molar refractivity (Wildman–Crippen MR) is 85.2 cm³/mol. The normalized spacial score (nSPS) is 10.5. The summed E-state index contributed by atoms with van der Waals surface area (Å²) >= 11 is -0.985. The van der Waals surface area contributed by atoms with Gasteiger partial charge in [-0.05, 0) is 0 Å². The van der Waals surface area contributed by atoms with Crippen LogP contribution in [0.1, 0.15) is 22.8 Å². The van der Waals surface area contributed by atoms with Crippen LogP contribution in [0.25, 0.3) is 0 Å². The van der Waals surface area contributed by atoms with Gasteiger partial charge in [0.15, 0.2) is 0 Å². The second-order valence-electron chi connectivity index (χ2n) is 4.73. The Labute approximate surface area is 136 Å². The van der Waals surface area contributed by atoms with Crippen molar-refractivity contribution in [1.29, 1.82) is 0 Å². The maximum atomic E-state index is 12.6. The van der Waals surface area contributed by atoms with E-state index in [0.29, 0.717) is 12.1 Å². The van der Waals surface area contributed by atoms with Gasteiger partial charge >= 0.3 is 136 Å². The Balaban J connectivity index is 2.18. The topological polar surface area (TPSA) is 59.0 Å². The molecule has 114 valence electrons. The molecule has 0 aromatic heterocycles. The molecule has 0 aliphatic rings. The van der Waals surface area contributed by atoms with Crippen molar-refractivity contribution in [2.24, 2.45) is 0 Å². The quantitative estimate of drug-likeness (QED) is 0.488. The third-order valence-electron chi connectivity index (χ3n) is 3.20. The van der Waals surface area contributed by atoms with Crippen LogP contribution in [0.5, 0.6) is 0 Å². The first-order valence-corrected chi connectivity index (χ1v) is 8.78. The van der Waals surface area contributed by atoms with E-state index < -0.39 is 15.8 Å². The van der Waals surface area contributed by atoms with Crippen LogP contribution in [-0.4, -0.2) is 33.5 Å². The van der Waals surface area contributed by atoms with Crippen LogP contribution >= 0.6 is 0 Å². The van der Waals surface area contributed by atoms with Crippen LogP contribution < -0.4 is 9.30 Å². The van der Waals surface area contributed by atoms with Crippen LogP contribution in [0.2, 0.25) is 0 Å². The molecule has 2 aromatic carbocycles. The van der Waals surface area contributed by atoms with Gasteiger partial charge in [0, 0.05) is 0 Å². The molecule has 2 aromatic rings. The van der Waals surface area contributed by atoms with Crippen molar-refractivity contribution in [3.8, 4) is 0 Å². The van der Waals surface area contributed by atoms with Gasteiger partial charge in [0.05, 0.1) is 0 Å². The van der Waals surface area contributed by atoms with Crippen molar-refractivity contribution in [1.82, 2.24) is 0 Å². The van der Waals surface area contributed by atoms with E-state index in [2.05, 4.69) is 8.95 Å². The Morgan fingerprint density at radius 2 is 1.95 bits per heavy atom. The molecule has 0 spiro atoms. The predicted octanol–water partition coefficient (Wildman–Crippen LogP) is 2.33. The molecule has 1 amide bonds. The number of anilines is 1. The van der Waals surface area contributed by atoms with E-state index in [1.807, 2.05) is 62.4 Å². The van der Waals surface area contributed by atoms with E-state index in [0.717, 1.165) is 15.6 Å². The van der Waals surface area contributed by atoms with Gasteiger partial charge in [-0.1, -0.05) is 0 Å². The van der Waals surface area contributed by atoms with Crippen molar-refractivity contribution in [3.63, 3.8) is 0 Å². The molecule has 1 N–H and O–H groups in total. The fourth-order valence-electron chi connectivity index (χ4n) is 2.15. The molecule has 0 fully saturated rings. The van der Waals surface area contributed by atoms with Crippen LogP contribution in [0.3, 0.4) is 0 Å². The van der Waals surface area contributed by atoms with Gasteiger partial charge < -0.3 is 0 Å². The molecule has 6 heteroatoms. The van der Waals surface area contributed by atoms with Crippen molar-refractivity contribution in [3.05, 3.63) is 59.7 Å². The van der Waals surface area contributed by atoms with Gasteiger partial charge in [-0.3, -0.25) is 0 Å². The molecule has 0 heterocycles. The second kappa shape index (κ2) is 8.09. The van der Waals surface area contributed by atoms with Gasteiger partial charge in [-0.25, -0.2) is 0 Å². The molecule has 0 aliphatic carbocycles. The zero-order valence-corrected chi connectivity index (χ0v) is 14.5. The van der Waals surface area contributed by atoms with Gasteiger partial charge in [-0.2, -0.15) is 0 Å². The first-order valence-electron chi connectivity index (χ1n) is 6.87. The minimum absolute atomic E-state index is 0.0232. The summed E-state index contributed by atoms with van der Waals surface area (Å²) in [6.45, 7) is 4.49. The van der Waals surface area contributed by atoms with Gasteiger partial charge in [0.2, 0.25) is 0 Å². The maximum absolute atomic E-state index is 12.6. The molecule has 0 saturated heterocycles. The number of carbonyl (C=O) groups excluding carboxylic acids is 1. The fraction of sp³-hybridized carbons (Fsp3) is 0.188. The van der Waals surface area contributed by atoms with E-state index in [9.17, 15) is 4.79 Å². The Kier molecular flexibility index (Phi) is 6.14. The second-order valence-corrected chi connectivity index (χ2v) is 6.71. The standard InChI is InChI=1S/C16H17GeNO4/c1-3-18(16(19)13-6-4-5-12(2)11-13)15-9-7-14(8-10-15)17-21-22-20/h4-11,20H,3H2,1-2H3.